The van der Waals surface area contributed by atoms with Crippen LogP contribution in [-0.2, 0) is 42.1 Å². The smallest absolute Gasteiger partial charge is 0.122 e. The number of hydrogen-bond donors (Lipinski definition) is 0. The fraction of sp³-hybridized carbons (Fsp3) is 0.320. The van der Waals surface area contributed by atoms with Crippen LogP contribution in [0.15, 0.2) is 72.8 Å². The van der Waals surface area contributed by atoms with E-state index in [9.17, 15) is 0 Å². The minimum Gasteiger partial charge on any atom is -0.285 e. The number of thiophene rings is 2. The molecule has 0 fully saturated rings. The van der Waals surface area contributed by atoms with Crippen LogP contribution in [0.2, 0.25) is 12.1 Å². The van der Waals surface area contributed by atoms with E-state index in [0.717, 1.165) is 65.4 Å². The second-order valence-electron chi connectivity index (χ2n) is 17.1. The molecule has 1 aliphatic rings. The van der Waals surface area contributed by atoms with Gasteiger partial charge < -0.3 is 0 Å². The molecular formula is C50H46N6S6SiW2-2. The number of para-hydroxylation sites is 2. The summed E-state index contributed by atoms with van der Waals surface area (Å²) in [7, 11) is -2.32. The van der Waals surface area contributed by atoms with E-state index in [2.05, 4.69) is 113 Å². The zero-order valence-corrected chi connectivity index (χ0v) is 48.4. The molecule has 0 saturated heterocycles. The molecule has 330 valence electrons. The van der Waals surface area contributed by atoms with Crippen LogP contribution in [0.1, 0.15) is 79.1 Å². The van der Waals surface area contributed by atoms with Gasteiger partial charge in [-0.25, -0.2) is 8.75 Å². The zero-order valence-electron chi connectivity index (χ0n) is 36.6. The van der Waals surface area contributed by atoms with E-state index < -0.39 is 8.07 Å². The Morgan fingerprint density at radius 2 is 0.985 bits per heavy atom. The SMILES string of the molecule is CCCCC(CC)C[Si]1(CC(CC)CCCC)c2cc(-c3c[c-]c(-c4nc5ccccc5s4)c4nsnc34)sc2-c2sc(-c3c[c-]c(-c4nc5ccccc5s4)c4nsnc34)cc21.[W].[W]. The Morgan fingerprint density at radius 1 is 0.554 bits per heavy atom. The molecule has 0 aliphatic carbocycles. The molecular weight excluding hydrogens is 1270 g/mol. The van der Waals surface area contributed by atoms with Crippen molar-refractivity contribution in [3.05, 3.63) is 84.9 Å². The maximum absolute atomic E-state index is 5.01. The summed E-state index contributed by atoms with van der Waals surface area (Å²) in [5.74, 6) is 1.38. The van der Waals surface area contributed by atoms with E-state index in [1.807, 2.05) is 22.7 Å². The van der Waals surface area contributed by atoms with Crippen molar-refractivity contribution in [2.24, 2.45) is 11.8 Å². The quantitative estimate of drug-likeness (QED) is 0.0709. The number of aromatic nitrogens is 6. The third-order valence-electron chi connectivity index (χ3n) is 13.3. The summed E-state index contributed by atoms with van der Waals surface area (Å²) in [5, 5.41) is 5.21. The first-order valence-corrected chi connectivity index (χ1v) is 29.5. The molecule has 0 bridgehead atoms. The third-order valence-corrected chi connectivity index (χ3v) is 24.7. The first-order chi connectivity index (χ1) is 31.0. The predicted molar refractivity (Wildman–Crippen MR) is 277 cm³/mol. The van der Waals surface area contributed by atoms with Crippen LogP contribution in [0.3, 0.4) is 0 Å². The van der Waals surface area contributed by atoms with Crippen LogP contribution in [0.4, 0.5) is 0 Å². The molecule has 15 heteroatoms. The fourth-order valence-corrected chi connectivity index (χ4v) is 23.4. The van der Waals surface area contributed by atoms with Gasteiger partial charge in [0.05, 0.1) is 34.5 Å². The van der Waals surface area contributed by atoms with Gasteiger partial charge in [-0.15, -0.1) is 46.9 Å². The first kappa shape index (κ1) is 47.4. The number of hydrogen-bond acceptors (Lipinski definition) is 12. The largest absolute Gasteiger partial charge is 0.285 e. The molecule has 11 rings (SSSR count). The molecule has 0 saturated carbocycles. The zero-order chi connectivity index (χ0) is 42.7. The summed E-state index contributed by atoms with van der Waals surface area (Å²) in [6, 6.07) is 36.3. The fourth-order valence-electron chi connectivity index (χ4n) is 9.92. The molecule has 0 spiro atoms. The van der Waals surface area contributed by atoms with Crippen molar-refractivity contribution in [2.75, 3.05) is 0 Å². The van der Waals surface area contributed by atoms with E-state index in [1.54, 1.807) is 33.0 Å². The van der Waals surface area contributed by atoms with Crippen molar-refractivity contribution in [3.8, 4) is 51.8 Å². The van der Waals surface area contributed by atoms with Crippen molar-refractivity contribution < 1.29 is 42.1 Å². The molecule has 0 N–H and O–H groups in total. The van der Waals surface area contributed by atoms with E-state index >= 15 is 0 Å². The summed E-state index contributed by atoms with van der Waals surface area (Å²) in [4.78, 5) is 15.5. The maximum Gasteiger partial charge on any atom is 0.122 e. The summed E-state index contributed by atoms with van der Waals surface area (Å²) in [6.07, 6.45) is 10.1. The number of rotatable bonds is 16. The number of benzene rings is 4. The summed E-state index contributed by atoms with van der Waals surface area (Å²) >= 11 is 9.93. The summed E-state index contributed by atoms with van der Waals surface area (Å²) in [6.45, 7) is 9.57. The Kier molecular flexibility index (Phi) is 14.6. The van der Waals surface area contributed by atoms with E-state index in [-0.39, 0.29) is 42.1 Å². The standard InChI is InChI=1S/C50H46N6S6Si.2W/c1-5-9-15-29(7-3)27-63(28-30(8-4)16-10-6-2)41-25-39(31-21-23-33(45-43(31)53-61-55-45)49-51-35-17-11-13-19-37(35)59-49)57-47(41)48-42(63)26-40(58-48)32-22-24-34(46-44(32)54-62-56-46)50-52-36-18-12-14-20-38(36)60-50;;/h11-14,17-22,25-26,29-30H,5-10,15-16,27-28H2,1-4H3;;/q-2;;. The Labute approximate surface area is 434 Å². The normalized spacial score (nSPS) is 13.9. The minimum atomic E-state index is -2.32. The van der Waals surface area contributed by atoms with Gasteiger partial charge in [0.1, 0.15) is 8.07 Å². The number of fused-ring (bicyclic) bond motifs is 7. The molecule has 6 aromatic heterocycles. The van der Waals surface area contributed by atoms with E-state index in [0.29, 0.717) is 11.8 Å². The Bertz CT molecular complexity index is 2990. The van der Waals surface area contributed by atoms with Gasteiger partial charge in [0.2, 0.25) is 0 Å². The third kappa shape index (κ3) is 8.49. The summed E-state index contributed by atoms with van der Waals surface area (Å²) < 4.78 is 22.1. The minimum absolute atomic E-state index is 0. The van der Waals surface area contributed by atoms with Crippen LogP contribution >= 0.6 is 68.8 Å². The molecule has 2 atom stereocenters. The van der Waals surface area contributed by atoms with Crippen molar-refractivity contribution in [3.63, 3.8) is 0 Å². The number of thiazole rings is 2. The second-order valence-corrected chi connectivity index (χ2v) is 26.4. The van der Waals surface area contributed by atoms with Gasteiger partial charge in [-0.3, -0.25) is 9.97 Å². The predicted octanol–water partition coefficient (Wildman–Crippen LogP) is 15.3. The Hall–Kier alpha value is -2.71. The maximum atomic E-state index is 5.01. The molecule has 7 heterocycles. The molecule has 65 heavy (non-hydrogen) atoms. The van der Waals surface area contributed by atoms with Crippen molar-refractivity contribution in [1.82, 2.24) is 27.5 Å². The van der Waals surface area contributed by atoms with Gasteiger partial charge in [0, 0.05) is 93.4 Å². The van der Waals surface area contributed by atoms with Gasteiger partial charge in [-0.05, 0) is 68.3 Å². The molecule has 0 amide bonds. The first-order valence-electron chi connectivity index (χ1n) is 22.4. The molecule has 4 aromatic carbocycles. The molecule has 6 nitrogen and oxygen atoms in total. The van der Waals surface area contributed by atoms with Gasteiger partial charge in [0.25, 0.3) is 0 Å². The molecule has 2 unspecified atom stereocenters. The average molecular weight is 1320 g/mol. The van der Waals surface area contributed by atoms with Crippen molar-refractivity contribution >= 4 is 130 Å². The van der Waals surface area contributed by atoms with Crippen LogP contribution in [0.25, 0.3) is 94.3 Å². The van der Waals surface area contributed by atoms with Crippen LogP contribution in [-0.4, -0.2) is 35.5 Å². The Balaban J connectivity index is 0.00000266. The monoisotopic (exact) mass is 1320 g/mol. The number of nitrogens with zero attached hydrogens (tertiary/aromatic N) is 6. The number of unbranched alkanes of at least 4 members (excludes halogenated alkanes) is 2. The van der Waals surface area contributed by atoms with Crippen molar-refractivity contribution in [1.29, 1.82) is 0 Å². The van der Waals surface area contributed by atoms with Crippen LogP contribution in [0, 0.1) is 24.0 Å². The topological polar surface area (TPSA) is 77.3 Å². The average Bonchev–Trinajstić information content (AvgIpc) is 4.17. The van der Waals surface area contributed by atoms with Gasteiger partial charge in [-0.1, -0.05) is 138 Å². The Morgan fingerprint density at radius 3 is 1.40 bits per heavy atom. The van der Waals surface area contributed by atoms with Gasteiger partial charge in [0.15, 0.2) is 0 Å². The van der Waals surface area contributed by atoms with E-state index in [4.69, 9.17) is 27.5 Å². The second kappa shape index (κ2) is 20.1. The van der Waals surface area contributed by atoms with Crippen LogP contribution < -0.4 is 10.4 Å². The molecule has 1 aliphatic heterocycles. The van der Waals surface area contributed by atoms with Gasteiger partial charge >= 0.3 is 0 Å². The van der Waals surface area contributed by atoms with Crippen LogP contribution in [0.5, 0.6) is 0 Å². The molecule has 10 aromatic rings. The van der Waals surface area contributed by atoms with E-state index in [1.165, 1.54) is 116 Å². The molecule has 0 radical (unpaired) electrons. The summed E-state index contributed by atoms with van der Waals surface area (Å²) in [5.41, 5.74) is 9.89. The van der Waals surface area contributed by atoms with Crippen molar-refractivity contribution in [2.45, 2.75) is 91.1 Å². The van der Waals surface area contributed by atoms with Gasteiger partial charge in [-0.2, -0.15) is 31.4 Å².